The van der Waals surface area contributed by atoms with Crippen molar-refractivity contribution in [2.75, 3.05) is 32.8 Å². The monoisotopic (exact) mass is 356 g/mol. The summed E-state index contributed by atoms with van der Waals surface area (Å²) in [6, 6.07) is 9.79. The van der Waals surface area contributed by atoms with Crippen molar-refractivity contribution in [1.29, 1.82) is 0 Å². The first-order chi connectivity index (χ1) is 12.7. The van der Waals surface area contributed by atoms with E-state index in [9.17, 15) is 4.79 Å². The fraction of sp³-hybridized carbons (Fsp3) is 0.682. The molecule has 4 rings (SSSR count). The highest BCUT2D eigenvalue weighted by atomic mass is 16.6. The summed E-state index contributed by atoms with van der Waals surface area (Å²) in [6.07, 6.45) is 8.58. The first-order valence-corrected chi connectivity index (χ1v) is 10.5. The Kier molecular flexibility index (Phi) is 5.21. The van der Waals surface area contributed by atoms with Crippen molar-refractivity contribution in [2.45, 2.75) is 63.3 Å². The van der Waals surface area contributed by atoms with Gasteiger partial charge >= 0.3 is 6.09 Å². The van der Waals surface area contributed by atoms with Gasteiger partial charge in [0.05, 0.1) is 6.61 Å². The fourth-order valence-electron chi connectivity index (χ4n) is 5.47. The van der Waals surface area contributed by atoms with E-state index in [0.29, 0.717) is 18.1 Å². The predicted octanol–water partition coefficient (Wildman–Crippen LogP) is 3.98. The van der Waals surface area contributed by atoms with Crippen LogP contribution in [-0.4, -0.2) is 54.7 Å². The number of aryl methyl sites for hydroxylation is 1. The van der Waals surface area contributed by atoms with Gasteiger partial charge in [0.25, 0.3) is 0 Å². The number of piperidine rings is 2. The second-order valence-electron chi connectivity index (χ2n) is 8.24. The van der Waals surface area contributed by atoms with Crippen LogP contribution in [0.15, 0.2) is 24.3 Å². The lowest BCUT2D eigenvalue weighted by molar-refractivity contribution is 0.0534. The summed E-state index contributed by atoms with van der Waals surface area (Å²) in [6.45, 7) is 6.44. The van der Waals surface area contributed by atoms with Gasteiger partial charge in [-0.05, 0) is 81.5 Å². The van der Waals surface area contributed by atoms with E-state index in [0.717, 1.165) is 25.9 Å². The van der Waals surface area contributed by atoms with Crippen molar-refractivity contribution in [2.24, 2.45) is 0 Å². The Morgan fingerprint density at radius 1 is 1.12 bits per heavy atom. The zero-order valence-corrected chi connectivity index (χ0v) is 16.1. The third-order valence-corrected chi connectivity index (χ3v) is 6.95. The highest BCUT2D eigenvalue weighted by Gasteiger charge is 2.40. The number of amides is 1. The van der Waals surface area contributed by atoms with Gasteiger partial charge < -0.3 is 14.5 Å². The van der Waals surface area contributed by atoms with E-state index in [2.05, 4.69) is 29.2 Å². The number of benzene rings is 1. The summed E-state index contributed by atoms with van der Waals surface area (Å²) < 4.78 is 5.14. The number of rotatable bonds is 2. The van der Waals surface area contributed by atoms with E-state index in [1.165, 1.54) is 45.2 Å². The lowest BCUT2D eigenvalue weighted by Crippen LogP contribution is -2.52. The van der Waals surface area contributed by atoms with Gasteiger partial charge in [-0.2, -0.15) is 0 Å². The topological polar surface area (TPSA) is 32.8 Å². The molecule has 0 unspecified atom stereocenters. The molecular weight excluding hydrogens is 324 g/mol. The summed E-state index contributed by atoms with van der Waals surface area (Å²) in [5.41, 5.74) is 3.66. The first-order valence-electron chi connectivity index (χ1n) is 10.5. The van der Waals surface area contributed by atoms with Gasteiger partial charge in [0, 0.05) is 19.1 Å². The molecule has 1 aromatic rings. The van der Waals surface area contributed by atoms with Crippen LogP contribution in [0.3, 0.4) is 0 Å². The second-order valence-corrected chi connectivity index (χ2v) is 8.24. The van der Waals surface area contributed by atoms with Crippen molar-refractivity contribution >= 4 is 6.09 Å². The molecule has 1 aromatic carbocycles. The predicted molar refractivity (Wildman–Crippen MR) is 103 cm³/mol. The number of hydrogen-bond acceptors (Lipinski definition) is 3. The molecule has 2 aliphatic heterocycles. The molecule has 3 aliphatic rings. The number of likely N-dealkylation sites (tertiary alicyclic amines) is 2. The molecule has 0 saturated carbocycles. The van der Waals surface area contributed by atoms with Crippen molar-refractivity contribution in [3.63, 3.8) is 0 Å². The van der Waals surface area contributed by atoms with E-state index >= 15 is 0 Å². The summed E-state index contributed by atoms with van der Waals surface area (Å²) in [4.78, 5) is 16.5. The summed E-state index contributed by atoms with van der Waals surface area (Å²) in [7, 11) is 0. The van der Waals surface area contributed by atoms with Gasteiger partial charge in [-0.25, -0.2) is 4.79 Å². The largest absolute Gasteiger partial charge is 0.450 e. The molecule has 0 N–H and O–H groups in total. The average Bonchev–Trinajstić information content (AvgIpc) is 2.69. The van der Waals surface area contributed by atoms with Crippen molar-refractivity contribution < 1.29 is 9.53 Å². The lowest BCUT2D eigenvalue weighted by atomic mass is 9.64. The number of fused-ring (bicyclic) bond motifs is 2. The van der Waals surface area contributed by atoms with E-state index in [1.54, 1.807) is 11.1 Å². The van der Waals surface area contributed by atoms with Gasteiger partial charge in [-0.15, -0.1) is 0 Å². The normalized spacial score (nSPS) is 23.7. The highest BCUT2D eigenvalue weighted by Crippen LogP contribution is 2.45. The van der Waals surface area contributed by atoms with E-state index in [-0.39, 0.29) is 6.09 Å². The first kappa shape index (κ1) is 17.8. The molecule has 1 spiro atoms. The molecular formula is C22H32N2O2. The minimum Gasteiger partial charge on any atom is -0.450 e. The summed E-state index contributed by atoms with van der Waals surface area (Å²) >= 11 is 0. The standard InChI is InChI=1S/C22H32N2O2/c1-2-26-21(25)24-14-9-19(10-15-24)23-16-12-22(13-17-23)11-5-7-18-6-3-4-8-20(18)22/h3-4,6,8,19H,2,5,7,9-17H2,1H3. The van der Waals surface area contributed by atoms with E-state index < -0.39 is 0 Å². The number of carbonyl (C=O) groups is 1. The number of ether oxygens (including phenoxy) is 1. The molecule has 2 heterocycles. The van der Waals surface area contributed by atoms with Crippen LogP contribution >= 0.6 is 0 Å². The Balaban J connectivity index is 1.35. The van der Waals surface area contributed by atoms with Crippen LogP contribution in [0.25, 0.3) is 0 Å². The van der Waals surface area contributed by atoms with Gasteiger partial charge in [0.2, 0.25) is 0 Å². The maximum atomic E-state index is 11.9. The van der Waals surface area contributed by atoms with Crippen LogP contribution in [0.2, 0.25) is 0 Å². The summed E-state index contributed by atoms with van der Waals surface area (Å²) in [5, 5.41) is 0. The molecule has 26 heavy (non-hydrogen) atoms. The number of hydrogen-bond donors (Lipinski definition) is 0. The molecule has 4 nitrogen and oxygen atoms in total. The minimum absolute atomic E-state index is 0.137. The quantitative estimate of drug-likeness (QED) is 0.804. The zero-order valence-electron chi connectivity index (χ0n) is 16.1. The van der Waals surface area contributed by atoms with Crippen molar-refractivity contribution in [1.82, 2.24) is 9.80 Å². The van der Waals surface area contributed by atoms with Crippen molar-refractivity contribution in [3.05, 3.63) is 35.4 Å². The highest BCUT2D eigenvalue weighted by molar-refractivity contribution is 5.67. The summed E-state index contributed by atoms with van der Waals surface area (Å²) in [5.74, 6) is 0. The van der Waals surface area contributed by atoms with E-state index in [1.807, 2.05) is 11.8 Å². The number of carbonyl (C=O) groups excluding carboxylic acids is 1. The minimum atomic E-state index is -0.137. The van der Waals surface area contributed by atoms with Crippen LogP contribution in [0, 0.1) is 0 Å². The Bertz CT molecular complexity index is 629. The molecule has 0 radical (unpaired) electrons. The van der Waals surface area contributed by atoms with Crippen LogP contribution in [0.5, 0.6) is 0 Å². The molecule has 0 bridgehead atoms. The fourth-order valence-corrected chi connectivity index (χ4v) is 5.47. The van der Waals surface area contributed by atoms with Gasteiger partial charge in [-0.3, -0.25) is 0 Å². The molecule has 0 aromatic heterocycles. The number of nitrogens with zero attached hydrogens (tertiary/aromatic N) is 2. The van der Waals surface area contributed by atoms with Gasteiger partial charge in [0.1, 0.15) is 0 Å². The molecule has 1 amide bonds. The van der Waals surface area contributed by atoms with Gasteiger partial charge in [0.15, 0.2) is 0 Å². The van der Waals surface area contributed by atoms with Crippen LogP contribution in [-0.2, 0) is 16.6 Å². The van der Waals surface area contributed by atoms with Gasteiger partial charge in [-0.1, -0.05) is 24.3 Å². The average molecular weight is 357 g/mol. The lowest BCUT2D eigenvalue weighted by Gasteiger charge is -2.48. The Labute approximate surface area is 157 Å². The molecule has 2 saturated heterocycles. The zero-order chi connectivity index (χ0) is 18.0. The Morgan fingerprint density at radius 2 is 1.85 bits per heavy atom. The van der Waals surface area contributed by atoms with Crippen LogP contribution in [0.4, 0.5) is 4.79 Å². The molecule has 4 heteroatoms. The molecule has 0 atom stereocenters. The second kappa shape index (κ2) is 7.59. The third-order valence-electron chi connectivity index (χ3n) is 6.95. The molecule has 1 aliphatic carbocycles. The van der Waals surface area contributed by atoms with Crippen LogP contribution < -0.4 is 0 Å². The third kappa shape index (κ3) is 3.36. The Morgan fingerprint density at radius 3 is 2.58 bits per heavy atom. The maximum absolute atomic E-state index is 11.9. The van der Waals surface area contributed by atoms with Crippen LogP contribution in [0.1, 0.15) is 56.6 Å². The smallest absolute Gasteiger partial charge is 0.409 e. The van der Waals surface area contributed by atoms with E-state index in [4.69, 9.17) is 4.74 Å². The maximum Gasteiger partial charge on any atom is 0.409 e. The Hall–Kier alpha value is -1.55. The SMILES string of the molecule is CCOC(=O)N1CCC(N2CCC3(CCCc4ccccc43)CC2)CC1. The van der Waals surface area contributed by atoms with Crippen molar-refractivity contribution in [3.8, 4) is 0 Å². The molecule has 2 fully saturated rings. The molecule has 142 valence electrons.